The molecule has 1 fully saturated rings. The Bertz CT molecular complexity index is 1110. The van der Waals surface area contributed by atoms with E-state index in [0.717, 1.165) is 0 Å². The van der Waals surface area contributed by atoms with E-state index in [2.05, 4.69) is 0 Å². The van der Waals surface area contributed by atoms with Gasteiger partial charge in [0.1, 0.15) is 47.8 Å². The number of benzene rings is 2. The molecule has 0 aliphatic carbocycles. The van der Waals surface area contributed by atoms with Crippen molar-refractivity contribution in [3.05, 3.63) is 59.0 Å². The molecule has 1 saturated heterocycles. The molecule has 4 rings (SSSR count). The molecule has 1 aliphatic heterocycles. The van der Waals surface area contributed by atoms with Crippen LogP contribution in [-0.4, -0.2) is 64.8 Å². The lowest BCUT2D eigenvalue weighted by molar-refractivity contribution is -0.277. The molecule has 0 radical (unpaired) electrons. The average molecular weight is 430 g/mol. The number of aliphatic hydroxyl groups is 4. The Morgan fingerprint density at radius 3 is 2.35 bits per heavy atom. The number of aliphatic hydroxyl groups excluding tert-OH is 4. The molecule has 2 aromatic carbocycles. The lowest BCUT2D eigenvalue weighted by Crippen LogP contribution is -2.60. The molecule has 9 nitrogen and oxygen atoms in total. The summed E-state index contributed by atoms with van der Waals surface area (Å²) in [5.74, 6) is 0.876. The summed E-state index contributed by atoms with van der Waals surface area (Å²) in [5, 5.41) is 39.5. The summed E-state index contributed by atoms with van der Waals surface area (Å²) in [6.45, 7) is -0.564. The smallest absolute Gasteiger partial charge is 0.229 e. The van der Waals surface area contributed by atoms with Crippen LogP contribution in [0.5, 0.6) is 11.5 Å². The second-order valence-corrected chi connectivity index (χ2v) is 7.18. The van der Waals surface area contributed by atoms with E-state index < -0.39 is 37.3 Å². The topological polar surface area (TPSA) is 139 Å². The molecule has 5 atom stereocenters. The van der Waals surface area contributed by atoms with Crippen LogP contribution in [0, 0.1) is 0 Å². The molecule has 0 saturated carbocycles. The fraction of sp³-hybridized carbons (Fsp3) is 0.318. The van der Waals surface area contributed by atoms with Crippen LogP contribution in [0.15, 0.2) is 57.9 Å². The predicted molar refractivity (Wildman–Crippen MR) is 109 cm³/mol. The Labute approximate surface area is 176 Å². The minimum Gasteiger partial charge on any atom is -0.497 e. The molecule has 1 aromatic heterocycles. The molecular formula is C22H22O9. The zero-order valence-electron chi connectivity index (χ0n) is 16.5. The first-order chi connectivity index (χ1) is 14.9. The van der Waals surface area contributed by atoms with Crippen LogP contribution in [0.25, 0.3) is 22.1 Å². The lowest BCUT2D eigenvalue weighted by atomic mass is 9.99. The van der Waals surface area contributed by atoms with Crippen LogP contribution in [0.4, 0.5) is 0 Å². The van der Waals surface area contributed by atoms with Crippen molar-refractivity contribution in [1.29, 1.82) is 0 Å². The number of hydrogen-bond acceptors (Lipinski definition) is 9. The Morgan fingerprint density at radius 2 is 1.68 bits per heavy atom. The number of methoxy groups -OCH3 is 1. The van der Waals surface area contributed by atoms with Gasteiger partial charge in [-0.15, -0.1) is 0 Å². The van der Waals surface area contributed by atoms with Gasteiger partial charge in [0.2, 0.25) is 6.29 Å². The van der Waals surface area contributed by atoms with E-state index in [1.165, 1.54) is 24.5 Å². The maximum Gasteiger partial charge on any atom is 0.229 e. The summed E-state index contributed by atoms with van der Waals surface area (Å²) in [6, 6.07) is 11.5. The molecule has 0 spiro atoms. The molecule has 0 amide bonds. The van der Waals surface area contributed by atoms with E-state index >= 15 is 0 Å². The maximum atomic E-state index is 12.9. The van der Waals surface area contributed by atoms with Gasteiger partial charge >= 0.3 is 0 Å². The second-order valence-electron chi connectivity index (χ2n) is 7.18. The number of rotatable bonds is 5. The highest BCUT2D eigenvalue weighted by atomic mass is 16.7. The Balaban J connectivity index is 1.61. The Kier molecular flexibility index (Phi) is 5.94. The predicted octanol–water partition coefficient (Wildman–Crippen LogP) is 0.647. The van der Waals surface area contributed by atoms with Crippen LogP contribution < -0.4 is 14.9 Å². The summed E-state index contributed by atoms with van der Waals surface area (Å²) in [4.78, 5) is 12.9. The second kappa shape index (κ2) is 8.66. The van der Waals surface area contributed by atoms with Crippen molar-refractivity contribution in [3.8, 4) is 22.6 Å². The molecular weight excluding hydrogens is 408 g/mol. The normalized spacial score (nSPS) is 26.0. The Hall–Kier alpha value is -2.95. The third kappa shape index (κ3) is 4.01. The van der Waals surface area contributed by atoms with E-state index in [1.807, 2.05) is 0 Å². The summed E-state index contributed by atoms with van der Waals surface area (Å²) >= 11 is 0. The molecule has 1 aliphatic rings. The van der Waals surface area contributed by atoms with Gasteiger partial charge in [-0.05, 0) is 29.8 Å². The fourth-order valence-corrected chi connectivity index (χ4v) is 3.45. The summed E-state index contributed by atoms with van der Waals surface area (Å²) < 4.78 is 21.7. The van der Waals surface area contributed by atoms with E-state index in [1.54, 1.807) is 31.4 Å². The molecule has 0 unspecified atom stereocenters. The molecule has 31 heavy (non-hydrogen) atoms. The van der Waals surface area contributed by atoms with Crippen molar-refractivity contribution >= 4 is 11.0 Å². The zero-order chi connectivity index (χ0) is 22.1. The first kappa shape index (κ1) is 21.3. The maximum absolute atomic E-state index is 12.9. The van der Waals surface area contributed by atoms with Gasteiger partial charge in [0.15, 0.2) is 5.43 Å². The quantitative estimate of drug-likeness (QED) is 0.459. The molecule has 164 valence electrons. The lowest BCUT2D eigenvalue weighted by Gasteiger charge is -2.39. The SMILES string of the molecule is COc1ccc(-c2coc3cc(O[C@H]4O[C@@H](CO)[C@H](O)[C@@H](O)[C@@H]4O)ccc3c2=O)cc1. The first-order valence-electron chi connectivity index (χ1n) is 9.60. The van der Waals surface area contributed by atoms with E-state index in [0.29, 0.717) is 22.3 Å². The van der Waals surface area contributed by atoms with Gasteiger partial charge < -0.3 is 39.1 Å². The zero-order valence-corrected chi connectivity index (χ0v) is 16.5. The fourth-order valence-electron chi connectivity index (χ4n) is 3.45. The van der Waals surface area contributed by atoms with Crippen molar-refractivity contribution in [2.45, 2.75) is 30.7 Å². The number of hydrogen-bond donors (Lipinski definition) is 4. The highest BCUT2D eigenvalue weighted by molar-refractivity contribution is 5.82. The van der Waals surface area contributed by atoms with Gasteiger partial charge in [-0.3, -0.25) is 4.79 Å². The van der Waals surface area contributed by atoms with E-state index in [9.17, 15) is 25.2 Å². The van der Waals surface area contributed by atoms with Crippen molar-refractivity contribution in [3.63, 3.8) is 0 Å². The van der Waals surface area contributed by atoms with Gasteiger partial charge in [-0.25, -0.2) is 0 Å². The van der Waals surface area contributed by atoms with Crippen molar-refractivity contribution in [2.24, 2.45) is 0 Å². The van der Waals surface area contributed by atoms with Crippen molar-refractivity contribution < 1.29 is 39.1 Å². The summed E-state index contributed by atoms with van der Waals surface area (Å²) in [5.41, 5.74) is 1.09. The largest absolute Gasteiger partial charge is 0.497 e. The van der Waals surface area contributed by atoms with Crippen molar-refractivity contribution in [1.82, 2.24) is 0 Å². The monoisotopic (exact) mass is 430 g/mol. The minimum absolute atomic E-state index is 0.206. The van der Waals surface area contributed by atoms with Gasteiger partial charge in [-0.1, -0.05) is 12.1 Å². The van der Waals surface area contributed by atoms with Gasteiger partial charge in [0.05, 0.1) is 24.7 Å². The van der Waals surface area contributed by atoms with Crippen LogP contribution in [0.2, 0.25) is 0 Å². The van der Waals surface area contributed by atoms with E-state index in [4.69, 9.17) is 18.6 Å². The number of fused-ring (bicyclic) bond motifs is 1. The van der Waals surface area contributed by atoms with E-state index in [-0.39, 0.29) is 16.8 Å². The Morgan fingerprint density at radius 1 is 0.968 bits per heavy atom. The molecule has 2 heterocycles. The third-order valence-corrected chi connectivity index (χ3v) is 5.25. The standard InChI is InChI=1S/C22H22O9/c1-28-12-4-2-11(3-5-12)15-10-29-16-8-13(6-7-14(16)18(15)24)30-22-21(27)20(26)19(25)17(9-23)31-22/h2-8,10,17,19-23,25-27H,9H2,1H3/t17-,19-,20+,21-,22-/m0/s1. The molecule has 3 aromatic rings. The van der Waals surface area contributed by atoms with Gasteiger partial charge in [0, 0.05) is 6.07 Å². The van der Waals surface area contributed by atoms with Crippen LogP contribution >= 0.6 is 0 Å². The van der Waals surface area contributed by atoms with Gasteiger partial charge in [0.25, 0.3) is 0 Å². The molecule has 9 heteroatoms. The molecule has 0 bridgehead atoms. The first-order valence-corrected chi connectivity index (χ1v) is 9.60. The minimum atomic E-state index is -1.55. The third-order valence-electron chi connectivity index (χ3n) is 5.25. The number of ether oxygens (including phenoxy) is 3. The van der Waals surface area contributed by atoms with Crippen LogP contribution in [0.1, 0.15) is 0 Å². The van der Waals surface area contributed by atoms with Gasteiger partial charge in [-0.2, -0.15) is 0 Å². The summed E-state index contributed by atoms with van der Waals surface area (Å²) in [6.07, 6.45) is -5.65. The van der Waals surface area contributed by atoms with Crippen LogP contribution in [-0.2, 0) is 4.74 Å². The van der Waals surface area contributed by atoms with Crippen molar-refractivity contribution in [2.75, 3.05) is 13.7 Å². The highest BCUT2D eigenvalue weighted by Crippen LogP contribution is 2.28. The molecule has 4 N–H and O–H groups in total. The average Bonchev–Trinajstić information content (AvgIpc) is 2.80. The summed E-state index contributed by atoms with van der Waals surface area (Å²) in [7, 11) is 1.56. The van der Waals surface area contributed by atoms with Crippen LogP contribution in [0.3, 0.4) is 0 Å². The highest BCUT2D eigenvalue weighted by Gasteiger charge is 2.44.